The van der Waals surface area contributed by atoms with Crippen molar-refractivity contribution in [3.05, 3.63) is 18.3 Å². The zero-order valence-electron chi connectivity index (χ0n) is 10.3. The molecule has 0 aliphatic rings. The molecule has 1 heterocycles. The summed E-state index contributed by atoms with van der Waals surface area (Å²) in [7, 11) is 0. The minimum absolute atomic E-state index is 0.0382. The van der Waals surface area contributed by atoms with Crippen LogP contribution in [-0.4, -0.2) is 24.3 Å². The summed E-state index contributed by atoms with van der Waals surface area (Å²) in [6.45, 7) is 2.88. The summed E-state index contributed by atoms with van der Waals surface area (Å²) in [5, 5.41) is 3.08. The molecule has 18 heavy (non-hydrogen) atoms. The Morgan fingerprint density at radius 3 is 2.83 bits per heavy atom. The summed E-state index contributed by atoms with van der Waals surface area (Å²) >= 11 is 0. The lowest BCUT2D eigenvalue weighted by Gasteiger charge is -2.09. The standard InChI is InChI=1S/C12H17F3N2O/c1-2-6-16-11-9-10(4-7-17-11)18-8-3-5-12(13,14)15/h4,7,9H,2-3,5-6,8H2,1H3,(H,16,17). The molecule has 1 aromatic rings. The lowest BCUT2D eigenvalue weighted by Crippen LogP contribution is -2.10. The van der Waals surface area contributed by atoms with Crippen LogP contribution in [0.5, 0.6) is 5.75 Å². The molecule has 0 saturated heterocycles. The number of rotatable bonds is 7. The molecule has 6 heteroatoms. The van der Waals surface area contributed by atoms with Gasteiger partial charge in [0.25, 0.3) is 0 Å². The Hall–Kier alpha value is -1.46. The van der Waals surface area contributed by atoms with Gasteiger partial charge in [0, 0.05) is 25.2 Å². The Labute approximate surface area is 104 Å². The van der Waals surface area contributed by atoms with Gasteiger partial charge >= 0.3 is 6.18 Å². The lowest BCUT2D eigenvalue weighted by molar-refractivity contribution is -0.136. The highest BCUT2D eigenvalue weighted by molar-refractivity contribution is 5.40. The van der Waals surface area contributed by atoms with Gasteiger partial charge in [0.15, 0.2) is 0 Å². The zero-order chi connectivity index (χ0) is 13.4. The Morgan fingerprint density at radius 2 is 2.17 bits per heavy atom. The van der Waals surface area contributed by atoms with Crippen molar-refractivity contribution in [1.82, 2.24) is 4.98 Å². The SMILES string of the molecule is CCCNc1cc(OCCCC(F)(F)F)ccn1. The van der Waals surface area contributed by atoms with Gasteiger partial charge in [-0.1, -0.05) is 6.92 Å². The smallest absolute Gasteiger partial charge is 0.389 e. The third-order valence-electron chi connectivity index (χ3n) is 2.16. The molecule has 0 aliphatic carbocycles. The third kappa shape index (κ3) is 6.32. The first-order chi connectivity index (χ1) is 8.51. The number of halogens is 3. The maximum atomic E-state index is 11.9. The predicted molar refractivity (Wildman–Crippen MR) is 63.8 cm³/mol. The van der Waals surface area contributed by atoms with Crippen LogP contribution in [0.15, 0.2) is 18.3 Å². The summed E-state index contributed by atoms with van der Waals surface area (Å²) in [5.41, 5.74) is 0. The molecular formula is C12H17F3N2O. The van der Waals surface area contributed by atoms with Crippen molar-refractivity contribution >= 4 is 5.82 Å². The number of nitrogens with zero attached hydrogens (tertiary/aromatic N) is 1. The maximum Gasteiger partial charge on any atom is 0.389 e. The van der Waals surface area contributed by atoms with Gasteiger partial charge in [-0.2, -0.15) is 13.2 Å². The maximum absolute atomic E-state index is 11.9. The first kappa shape index (κ1) is 14.6. The number of aromatic nitrogens is 1. The Kier molecular flexibility index (Phi) is 5.74. The number of pyridine rings is 1. The van der Waals surface area contributed by atoms with E-state index < -0.39 is 12.6 Å². The fourth-order valence-electron chi connectivity index (χ4n) is 1.31. The van der Waals surface area contributed by atoms with Gasteiger partial charge in [0.2, 0.25) is 0 Å². The fraction of sp³-hybridized carbons (Fsp3) is 0.583. The van der Waals surface area contributed by atoms with Crippen LogP contribution in [0, 0.1) is 0 Å². The van der Waals surface area contributed by atoms with E-state index in [-0.39, 0.29) is 13.0 Å². The molecule has 0 aromatic carbocycles. The molecule has 0 saturated carbocycles. The topological polar surface area (TPSA) is 34.1 Å². The van der Waals surface area contributed by atoms with Crippen LogP contribution in [0.4, 0.5) is 19.0 Å². The van der Waals surface area contributed by atoms with Crippen LogP contribution >= 0.6 is 0 Å². The van der Waals surface area contributed by atoms with Gasteiger partial charge in [-0.3, -0.25) is 0 Å². The van der Waals surface area contributed by atoms with Crippen molar-refractivity contribution in [1.29, 1.82) is 0 Å². The molecule has 0 atom stereocenters. The van der Waals surface area contributed by atoms with Gasteiger partial charge in [-0.05, 0) is 18.9 Å². The second kappa shape index (κ2) is 7.08. The highest BCUT2D eigenvalue weighted by Gasteiger charge is 2.26. The number of alkyl halides is 3. The van der Waals surface area contributed by atoms with Crippen molar-refractivity contribution in [2.24, 2.45) is 0 Å². The second-order valence-electron chi connectivity index (χ2n) is 3.87. The van der Waals surface area contributed by atoms with Gasteiger partial charge < -0.3 is 10.1 Å². The normalized spacial score (nSPS) is 11.3. The van der Waals surface area contributed by atoms with E-state index in [1.54, 1.807) is 18.3 Å². The average molecular weight is 262 g/mol. The minimum Gasteiger partial charge on any atom is -0.493 e. The fourth-order valence-corrected chi connectivity index (χ4v) is 1.31. The Morgan fingerprint density at radius 1 is 1.39 bits per heavy atom. The van der Waals surface area contributed by atoms with Crippen LogP contribution in [0.3, 0.4) is 0 Å². The third-order valence-corrected chi connectivity index (χ3v) is 2.16. The molecule has 0 radical (unpaired) electrons. The molecule has 1 rings (SSSR count). The van der Waals surface area contributed by atoms with Gasteiger partial charge in [-0.25, -0.2) is 4.98 Å². The van der Waals surface area contributed by atoms with E-state index in [0.717, 1.165) is 13.0 Å². The molecule has 3 nitrogen and oxygen atoms in total. The lowest BCUT2D eigenvalue weighted by atomic mass is 10.3. The summed E-state index contributed by atoms with van der Waals surface area (Å²) in [5.74, 6) is 1.20. The zero-order valence-corrected chi connectivity index (χ0v) is 10.3. The van der Waals surface area contributed by atoms with Crippen LogP contribution in [0.2, 0.25) is 0 Å². The number of hydrogen-bond donors (Lipinski definition) is 1. The van der Waals surface area contributed by atoms with E-state index in [1.807, 2.05) is 6.92 Å². The molecule has 1 aromatic heterocycles. The van der Waals surface area contributed by atoms with Gasteiger partial charge in [0.05, 0.1) is 6.61 Å². The molecule has 102 valence electrons. The van der Waals surface area contributed by atoms with Gasteiger partial charge in [-0.15, -0.1) is 0 Å². The second-order valence-corrected chi connectivity index (χ2v) is 3.87. The highest BCUT2D eigenvalue weighted by atomic mass is 19.4. The average Bonchev–Trinajstić information content (AvgIpc) is 2.31. The number of ether oxygens (including phenoxy) is 1. The molecule has 0 fully saturated rings. The van der Waals surface area contributed by atoms with Crippen LogP contribution < -0.4 is 10.1 Å². The highest BCUT2D eigenvalue weighted by Crippen LogP contribution is 2.22. The molecule has 0 amide bonds. The molecule has 0 spiro atoms. The van der Waals surface area contributed by atoms with Crippen LogP contribution in [0.25, 0.3) is 0 Å². The summed E-state index contributed by atoms with van der Waals surface area (Å²) in [4.78, 5) is 4.07. The van der Waals surface area contributed by atoms with Crippen molar-refractivity contribution in [3.63, 3.8) is 0 Å². The summed E-state index contributed by atoms with van der Waals surface area (Å²) < 4.78 is 41.0. The predicted octanol–water partition coefficient (Wildman–Crippen LogP) is 3.62. The van der Waals surface area contributed by atoms with E-state index in [2.05, 4.69) is 10.3 Å². The van der Waals surface area contributed by atoms with Crippen molar-refractivity contribution in [2.45, 2.75) is 32.4 Å². The molecule has 1 N–H and O–H groups in total. The molecule has 0 unspecified atom stereocenters. The van der Waals surface area contributed by atoms with E-state index in [4.69, 9.17) is 4.74 Å². The number of nitrogens with one attached hydrogen (secondary N) is 1. The molecular weight excluding hydrogens is 245 g/mol. The van der Waals surface area contributed by atoms with Crippen LogP contribution in [-0.2, 0) is 0 Å². The van der Waals surface area contributed by atoms with Crippen LogP contribution in [0.1, 0.15) is 26.2 Å². The van der Waals surface area contributed by atoms with E-state index in [0.29, 0.717) is 11.6 Å². The summed E-state index contributed by atoms with van der Waals surface area (Å²) in [6, 6.07) is 3.31. The Bertz CT molecular complexity index is 355. The van der Waals surface area contributed by atoms with Crippen molar-refractivity contribution < 1.29 is 17.9 Å². The van der Waals surface area contributed by atoms with Crippen molar-refractivity contribution in [3.8, 4) is 5.75 Å². The Balaban J connectivity index is 2.33. The van der Waals surface area contributed by atoms with Crippen molar-refractivity contribution in [2.75, 3.05) is 18.5 Å². The monoisotopic (exact) mass is 262 g/mol. The largest absolute Gasteiger partial charge is 0.493 e. The van der Waals surface area contributed by atoms with E-state index in [9.17, 15) is 13.2 Å². The quantitative estimate of drug-likeness (QED) is 0.762. The first-order valence-electron chi connectivity index (χ1n) is 5.91. The number of hydrogen-bond acceptors (Lipinski definition) is 3. The number of anilines is 1. The summed E-state index contributed by atoms with van der Waals surface area (Å²) in [6.07, 6.45) is -2.44. The van der Waals surface area contributed by atoms with E-state index in [1.165, 1.54) is 0 Å². The minimum atomic E-state index is -4.12. The molecule has 0 aliphatic heterocycles. The van der Waals surface area contributed by atoms with Gasteiger partial charge in [0.1, 0.15) is 11.6 Å². The molecule has 0 bridgehead atoms. The first-order valence-corrected chi connectivity index (χ1v) is 5.91. The van der Waals surface area contributed by atoms with E-state index >= 15 is 0 Å².